The van der Waals surface area contributed by atoms with Crippen LogP contribution in [-0.4, -0.2) is 60.0 Å². The predicted molar refractivity (Wildman–Crippen MR) is 67.1 cm³/mol. The molecule has 0 aromatic carbocycles. The summed E-state index contributed by atoms with van der Waals surface area (Å²) >= 11 is 0. The molecule has 1 aliphatic rings. The number of rotatable bonds is 6. The highest BCUT2D eigenvalue weighted by atomic mass is 16.5. The summed E-state index contributed by atoms with van der Waals surface area (Å²) in [5, 5.41) is 7.29. The van der Waals surface area contributed by atoms with Gasteiger partial charge in [-0.05, 0) is 19.0 Å². The fourth-order valence-corrected chi connectivity index (χ4v) is 1.92. The van der Waals surface area contributed by atoms with Crippen molar-refractivity contribution in [3.8, 4) is 0 Å². The number of aromatic nitrogens is 2. The molecule has 0 aliphatic carbocycles. The summed E-state index contributed by atoms with van der Waals surface area (Å²) in [6.07, 6.45) is 4.69. The first-order chi connectivity index (χ1) is 8.86. The number of nitrogens with zero attached hydrogens (tertiary/aromatic N) is 3. The van der Waals surface area contributed by atoms with Gasteiger partial charge in [0.1, 0.15) is 0 Å². The highest BCUT2D eigenvalue weighted by Gasteiger charge is 2.15. The lowest BCUT2D eigenvalue weighted by Crippen LogP contribution is -2.44. The Morgan fingerprint density at radius 1 is 1.39 bits per heavy atom. The Morgan fingerprint density at radius 3 is 2.94 bits per heavy atom. The molecule has 0 atom stereocenters. The Bertz CT molecular complexity index is 347. The molecule has 6 nitrogen and oxygen atoms in total. The van der Waals surface area contributed by atoms with Crippen LogP contribution in [0.5, 0.6) is 0 Å². The fraction of sp³-hybridized carbons (Fsp3) is 0.667. The molecule has 1 amide bonds. The number of nitrogens with one attached hydrogen (secondary N) is 1. The van der Waals surface area contributed by atoms with Gasteiger partial charge in [-0.15, -0.1) is 0 Å². The monoisotopic (exact) mass is 252 g/mol. The Balaban J connectivity index is 1.53. The maximum Gasteiger partial charge on any atom is 0.236 e. The number of hydrogen-bond acceptors (Lipinski definition) is 4. The lowest BCUT2D eigenvalue weighted by atomic mass is 10.3. The van der Waals surface area contributed by atoms with Crippen LogP contribution in [0.4, 0.5) is 0 Å². The lowest BCUT2D eigenvalue weighted by molar-refractivity contribution is -0.134. The molecule has 1 N–H and O–H groups in total. The number of morpholine rings is 1. The van der Waals surface area contributed by atoms with Crippen LogP contribution in [0, 0.1) is 0 Å². The van der Waals surface area contributed by atoms with Gasteiger partial charge in [0.05, 0.1) is 19.8 Å². The molecule has 0 bridgehead atoms. The first-order valence-corrected chi connectivity index (χ1v) is 6.40. The third kappa shape index (κ3) is 4.12. The standard InChI is InChI=1S/C12H20N4O2/c17-12(15-7-9-18-10-8-15)11-13-3-1-5-16-6-2-4-14-16/h2,4,6,13H,1,3,5,7-11H2. The summed E-state index contributed by atoms with van der Waals surface area (Å²) < 4.78 is 7.10. The van der Waals surface area contributed by atoms with E-state index in [0.29, 0.717) is 32.8 Å². The first kappa shape index (κ1) is 13.0. The molecule has 0 radical (unpaired) electrons. The van der Waals surface area contributed by atoms with Crippen LogP contribution in [-0.2, 0) is 16.1 Å². The summed E-state index contributed by atoms with van der Waals surface area (Å²) in [4.78, 5) is 13.6. The molecule has 0 unspecified atom stereocenters. The highest BCUT2D eigenvalue weighted by Crippen LogP contribution is 1.96. The van der Waals surface area contributed by atoms with Gasteiger partial charge in [0.2, 0.25) is 5.91 Å². The average molecular weight is 252 g/mol. The van der Waals surface area contributed by atoms with E-state index in [1.807, 2.05) is 21.8 Å². The van der Waals surface area contributed by atoms with E-state index in [2.05, 4.69) is 10.4 Å². The van der Waals surface area contributed by atoms with E-state index in [4.69, 9.17) is 4.74 Å². The van der Waals surface area contributed by atoms with Crippen LogP contribution in [0.2, 0.25) is 0 Å². The predicted octanol–water partition coefficient (Wildman–Crippen LogP) is -0.278. The van der Waals surface area contributed by atoms with Crippen LogP contribution in [0.15, 0.2) is 18.5 Å². The number of ether oxygens (including phenoxy) is 1. The van der Waals surface area contributed by atoms with Gasteiger partial charge in [0.25, 0.3) is 0 Å². The van der Waals surface area contributed by atoms with E-state index in [-0.39, 0.29) is 5.91 Å². The molecule has 2 rings (SSSR count). The van der Waals surface area contributed by atoms with Gasteiger partial charge in [-0.25, -0.2) is 0 Å². The molecular weight excluding hydrogens is 232 g/mol. The van der Waals surface area contributed by atoms with Gasteiger partial charge in [-0.1, -0.05) is 0 Å². The molecule has 1 aromatic rings. The summed E-state index contributed by atoms with van der Waals surface area (Å²) in [5.41, 5.74) is 0. The van der Waals surface area contributed by atoms with E-state index in [9.17, 15) is 4.79 Å². The van der Waals surface area contributed by atoms with Crippen LogP contribution >= 0.6 is 0 Å². The van der Waals surface area contributed by atoms with E-state index < -0.39 is 0 Å². The highest BCUT2D eigenvalue weighted by molar-refractivity contribution is 5.78. The minimum atomic E-state index is 0.164. The second kappa shape index (κ2) is 7.13. The molecule has 1 aromatic heterocycles. The zero-order valence-electron chi connectivity index (χ0n) is 10.5. The van der Waals surface area contributed by atoms with Gasteiger partial charge in [-0.2, -0.15) is 5.10 Å². The van der Waals surface area contributed by atoms with Crippen molar-refractivity contribution in [2.45, 2.75) is 13.0 Å². The van der Waals surface area contributed by atoms with Gasteiger partial charge < -0.3 is 15.0 Å². The van der Waals surface area contributed by atoms with Gasteiger partial charge in [0.15, 0.2) is 0 Å². The maximum atomic E-state index is 11.8. The second-order valence-electron chi connectivity index (χ2n) is 4.29. The molecule has 1 fully saturated rings. The second-order valence-corrected chi connectivity index (χ2v) is 4.29. The zero-order valence-corrected chi connectivity index (χ0v) is 10.5. The summed E-state index contributed by atoms with van der Waals surface area (Å²) in [6, 6.07) is 1.91. The molecule has 0 spiro atoms. The molecule has 100 valence electrons. The first-order valence-electron chi connectivity index (χ1n) is 6.40. The third-order valence-corrected chi connectivity index (χ3v) is 2.94. The minimum absolute atomic E-state index is 0.164. The van der Waals surface area contributed by atoms with Gasteiger partial charge in [0, 0.05) is 32.0 Å². The summed E-state index contributed by atoms with van der Waals surface area (Å²) in [6.45, 7) is 4.87. The van der Waals surface area contributed by atoms with Gasteiger partial charge >= 0.3 is 0 Å². The molecule has 0 saturated carbocycles. The minimum Gasteiger partial charge on any atom is -0.378 e. The Labute approximate surface area is 107 Å². The van der Waals surface area contributed by atoms with Crippen molar-refractivity contribution in [2.75, 3.05) is 39.4 Å². The molecule has 18 heavy (non-hydrogen) atoms. The van der Waals surface area contributed by atoms with Crippen molar-refractivity contribution in [3.05, 3.63) is 18.5 Å². The molecule has 1 saturated heterocycles. The lowest BCUT2D eigenvalue weighted by Gasteiger charge is -2.26. The molecule has 2 heterocycles. The van der Waals surface area contributed by atoms with E-state index in [1.54, 1.807) is 6.20 Å². The van der Waals surface area contributed by atoms with Crippen molar-refractivity contribution in [2.24, 2.45) is 0 Å². The van der Waals surface area contributed by atoms with Crippen LogP contribution in [0.1, 0.15) is 6.42 Å². The largest absolute Gasteiger partial charge is 0.378 e. The molecular formula is C12H20N4O2. The van der Waals surface area contributed by atoms with E-state index in [1.165, 1.54) is 0 Å². The summed E-state index contributed by atoms with van der Waals surface area (Å²) in [5.74, 6) is 0.164. The van der Waals surface area contributed by atoms with Crippen molar-refractivity contribution >= 4 is 5.91 Å². The van der Waals surface area contributed by atoms with Gasteiger partial charge in [-0.3, -0.25) is 9.48 Å². The van der Waals surface area contributed by atoms with Crippen molar-refractivity contribution in [1.29, 1.82) is 0 Å². The number of hydrogen-bond donors (Lipinski definition) is 1. The SMILES string of the molecule is O=C(CNCCCn1cccn1)N1CCOCC1. The van der Waals surface area contributed by atoms with E-state index >= 15 is 0 Å². The zero-order chi connectivity index (χ0) is 12.6. The van der Waals surface area contributed by atoms with Crippen LogP contribution in [0.25, 0.3) is 0 Å². The smallest absolute Gasteiger partial charge is 0.236 e. The topological polar surface area (TPSA) is 59.4 Å². The number of carbonyl (C=O) groups excluding carboxylic acids is 1. The summed E-state index contributed by atoms with van der Waals surface area (Å²) in [7, 11) is 0. The van der Waals surface area contributed by atoms with Crippen LogP contribution in [0.3, 0.4) is 0 Å². The van der Waals surface area contributed by atoms with E-state index in [0.717, 1.165) is 19.5 Å². The van der Waals surface area contributed by atoms with Crippen molar-refractivity contribution in [1.82, 2.24) is 20.0 Å². The van der Waals surface area contributed by atoms with Crippen LogP contribution < -0.4 is 5.32 Å². The quantitative estimate of drug-likeness (QED) is 0.708. The Hall–Kier alpha value is -1.40. The molecule has 6 heteroatoms. The third-order valence-electron chi connectivity index (χ3n) is 2.94. The fourth-order valence-electron chi connectivity index (χ4n) is 1.92. The number of amides is 1. The Kier molecular flexibility index (Phi) is 5.16. The van der Waals surface area contributed by atoms with Crippen molar-refractivity contribution in [3.63, 3.8) is 0 Å². The normalized spacial score (nSPS) is 15.9. The number of carbonyl (C=O) groups is 1. The maximum absolute atomic E-state index is 11.8. The number of aryl methyl sites for hydroxylation is 1. The molecule has 1 aliphatic heterocycles. The Morgan fingerprint density at radius 2 is 2.22 bits per heavy atom. The van der Waals surface area contributed by atoms with Crippen molar-refractivity contribution < 1.29 is 9.53 Å². The average Bonchev–Trinajstić information content (AvgIpc) is 2.92.